The minimum absolute atomic E-state index is 0.0983. The average molecular weight is 481 g/mol. The normalized spacial score (nSPS) is 15.0. The van der Waals surface area contributed by atoms with Gasteiger partial charge in [-0.25, -0.2) is 19.2 Å². The van der Waals surface area contributed by atoms with E-state index >= 15 is 4.39 Å². The summed E-state index contributed by atoms with van der Waals surface area (Å²) in [5.74, 6) is -0.872. The van der Waals surface area contributed by atoms with Crippen LogP contribution < -0.4 is 5.32 Å². The molecule has 9 heteroatoms. The van der Waals surface area contributed by atoms with E-state index in [9.17, 15) is 9.59 Å². The second kappa shape index (κ2) is 9.43. The molecule has 1 atom stereocenters. The number of fused-ring (bicyclic) bond motifs is 1. The first-order chi connectivity index (χ1) is 17.5. The summed E-state index contributed by atoms with van der Waals surface area (Å²) < 4.78 is 17.2. The molecule has 178 valence electrons. The van der Waals surface area contributed by atoms with E-state index in [0.29, 0.717) is 30.0 Å². The smallest absolute Gasteiger partial charge is 0.256 e. The van der Waals surface area contributed by atoms with E-state index in [1.54, 1.807) is 29.6 Å². The molecule has 1 aromatic carbocycles. The Bertz CT molecular complexity index is 1550. The molecule has 5 rings (SSSR count). The lowest BCUT2D eigenvalue weighted by Crippen LogP contribution is -2.26. The maximum absolute atomic E-state index is 15.3. The molecule has 4 aromatic rings. The molecule has 2 amide bonds. The van der Waals surface area contributed by atoms with Gasteiger partial charge in [0, 0.05) is 42.5 Å². The number of pyridine rings is 1. The quantitative estimate of drug-likeness (QED) is 0.327. The number of hydrogen-bond donors (Lipinski definition) is 1. The molecule has 3 aromatic heterocycles. The maximum Gasteiger partial charge on any atom is 0.256 e. The van der Waals surface area contributed by atoms with Crippen LogP contribution in [0.15, 0.2) is 73.8 Å². The Hall–Kier alpha value is -4.84. The molecule has 36 heavy (non-hydrogen) atoms. The Morgan fingerprint density at radius 2 is 2.06 bits per heavy atom. The summed E-state index contributed by atoms with van der Waals surface area (Å²) in [6.07, 6.45) is 6.86. The first kappa shape index (κ1) is 22.9. The van der Waals surface area contributed by atoms with Gasteiger partial charge in [0.15, 0.2) is 5.69 Å². The third-order valence-corrected chi connectivity index (χ3v) is 6.34. The van der Waals surface area contributed by atoms with Gasteiger partial charge in [-0.2, -0.15) is 0 Å². The highest BCUT2D eigenvalue weighted by Gasteiger charge is 2.29. The SMILES string of the molecule is [C-]#[N+]c1ccnc(NC(=O)c2ccc(-c3cc(C4CCN(C(=O)C=C)C4)c4ccncn34)c(F)c2)c1. The van der Waals surface area contributed by atoms with E-state index in [2.05, 4.69) is 26.7 Å². The van der Waals surface area contributed by atoms with Crippen LogP contribution in [0.2, 0.25) is 0 Å². The van der Waals surface area contributed by atoms with Gasteiger partial charge in [-0.15, -0.1) is 0 Å². The van der Waals surface area contributed by atoms with Gasteiger partial charge in [-0.1, -0.05) is 6.58 Å². The highest BCUT2D eigenvalue weighted by molar-refractivity contribution is 6.04. The fraction of sp³-hybridized carbons (Fsp3) is 0.148. The van der Waals surface area contributed by atoms with E-state index in [1.807, 2.05) is 16.5 Å². The van der Waals surface area contributed by atoms with Gasteiger partial charge in [0.1, 0.15) is 11.6 Å². The number of carbonyl (C=O) groups excluding carboxylic acids is 2. The van der Waals surface area contributed by atoms with Crippen LogP contribution in [0.4, 0.5) is 15.9 Å². The molecule has 1 N–H and O–H groups in total. The summed E-state index contributed by atoms with van der Waals surface area (Å²) in [7, 11) is 0. The molecule has 1 fully saturated rings. The molecule has 1 aliphatic rings. The molecule has 0 saturated carbocycles. The van der Waals surface area contributed by atoms with Gasteiger partial charge in [0.25, 0.3) is 5.91 Å². The van der Waals surface area contributed by atoms with Crippen LogP contribution in [0.25, 0.3) is 21.6 Å². The molecule has 1 unspecified atom stereocenters. The van der Waals surface area contributed by atoms with Crippen LogP contribution in [0.5, 0.6) is 0 Å². The number of benzene rings is 1. The highest BCUT2D eigenvalue weighted by atomic mass is 19.1. The van der Waals surface area contributed by atoms with Gasteiger partial charge in [-0.05, 0) is 60.5 Å². The third-order valence-electron chi connectivity index (χ3n) is 6.34. The van der Waals surface area contributed by atoms with Gasteiger partial charge < -0.3 is 10.2 Å². The van der Waals surface area contributed by atoms with Crippen molar-refractivity contribution in [3.8, 4) is 11.3 Å². The molecule has 0 spiro atoms. The number of halogens is 1. The number of amides is 2. The third kappa shape index (κ3) is 4.20. The van der Waals surface area contributed by atoms with Gasteiger partial charge in [0.2, 0.25) is 5.91 Å². The van der Waals surface area contributed by atoms with Crippen molar-refractivity contribution in [2.24, 2.45) is 0 Å². The van der Waals surface area contributed by atoms with Crippen molar-refractivity contribution in [3.05, 3.63) is 102 Å². The van der Waals surface area contributed by atoms with Crippen LogP contribution in [0.3, 0.4) is 0 Å². The van der Waals surface area contributed by atoms with E-state index in [1.165, 1.54) is 30.5 Å². The predicted molar refractivity (Wildman–Crippen MR) is 133 cm³/mol. The minimum atomic E-state index is -0.560. The topological polar surface area (TPSA) is 84.0 Å². The summed E-state index contributed by atoms with van der Waals surface area (Å²) in [6.45, 7) is 11.9. The molecule has 1 saturated heterocycles. The van der Waals surface area contributed by atoms with Crippen molar-refractivity contribution in [2.45, 2.75) is 12.3 Å². The van der Waals surface area contributed by atoms with Crippen molar-refractivity contribution in [2.75, 3.05) is 18.4 Å². The summed E-state index contributed by atoms with van der Waals surface area (Å²) in [5.41, 5.74) is 3.30. The Labute approximate surface area is 206 Å². The van der Waals surface area contributed by atoms with Crippen LogP contribution >= 0.6 is 0 Å². The highest BCUT2D eigenvalue weighted by Crippen LogP contribution is 2.36. The lowest BCUT2D eigenvalue weighted by atomic mass is 9.98. The number of likely N-dealkylation sites (tertiary alicyclic amines) is 1. The second-order valence-corrected chi connectivity index (χ2v) is 8.45. The summed E-state index contributed by atoms with van der Waals surface area (Å²) >= 11 is 0. The van der Waals surface area contributed by atoms with E-state index in [4.69, 9.17) is 6.57 Å². The number of carbonyl (C=O) groups is 2. The lowest BCUT2D eigenvalue weighted by Gasteiger charge is -2.13. The number of hydrogen-bond acceptors (Lipinski definition) is 4. The van der Waals surface area contributed by atoms with Crippen molar-refractivity contribution < 1.29 is 14.0 Å². The number of rotatable bonds is 5. The molecule has 4 heterocycles. The number of nitrogens with zero attached hydrogens (tertiary/aromatic N) is 5. The summed E-state index contributed by atoms with van der Waals surface area (Å²) in [5, 5.41) is 2.59. The van der Waals surface area contributed by atoms with Crippen LogP contribution in [0.1, 0.15) is 28.3 Å². The molecule has 8 nitrogen and oxygen atoms in total. The van der Waals surface area contributed by atoms with E-state index < -0.39 is 11.7 Å². The molecule has 0 bridgehead atoms. The molecule has 0 aliphatic carbocycles. The summed E-state index contributed by atoms with van der Waals surface area (Å²) in [4.78, 5) is 38.0. The van der Waals surface area contributed by atoms with Crippen molar-refractivity contribution in [3.63, 3.8) is 0 Å². The Balaban J connectivity index is 1.45. The zero-order valence-corrected chi connectivity index (χ0v) is 19.2. The summed E-state index contributed by atoms with van der Waals surface area (Å²) in [6, 6.07) is 11.1. The Morgan fingerprint density at radius 3 is 2.83 bits per heavy atom. The zero-order chi connectivity index (χ0) is 25.2. The fourth-order valence-electron chi connectivity index (χ4n) is 4.57. The van der Waals surface area contributed by atoms with Gasteiger partial charge in [-0.3, -0.25) is 14.0 Å². The first-order valence-corrected chi connectivity index (χ1v) is 11.3. The van der Waals surface area contributed by atoms with Crippen LogP contribution in [-0.2, 0) is 4.79 Å². The lowest BCUT2D eigenvalue weighted by molar-refractivity contribution is -0.125. The molecular weight excluding hydrogens is 459 g/mol. The van der Waals surface area contributed by atoms with Crippen molar-refractivity contribution in [1.82, 2.24) is 19.3 Å². The van der Waals surface area contributed by atoms with E-state index in [0.717, 1.165) is 17.5 Å². The van der Waals surface area contributed by atoms with Gasteiger partial charge >= 0.3 is 0 Å². The van der Waals surface area contributed by atoms with Crippen LogP contribution in [0, 0.1) is 12.4 Å². The molecule has 1 aliphatic heterocycles. The Morgan fingerprint density at radius 1 is 1.19 bits per heavy atom. The maximum atomic E-state index is 15.3. The predicted octanol–water partition coefficient (Wildman–Crippen LogP) is 4.84. The largest absolute Gasteiger partial charge is 0.339 e. The van der Waals surface area contributed by atoms with Gasteiger partial charge in [0.05, 0.1) is 24.1 Å². The second-order valence-electron chi connectivity index (χ2n) is 8.45. The average Bonchev–Trinajstić information content (AvgIpc) is 3.54. The number of aromatic nitrogens is 3. The first-order valence-electron chi connectivity index (χ1n) is 11.3. The van der Waals surface area contributed by atoms with E-state index in [-0.39, 0.29) is 23.2 Å². The zero-order valence-electron chi connectivity index (χ0n) is 19.2. The number of nitrogens with one attached hydrogen (secondary N) is 1. The molecular formula is C27H21FN6O2. The monoisotopic (exact) mass is 480 g/mol. The van der Waals surface area contributed by atoms with Crippen LogP contribution in [-0.4, -0.2) is 44.2 Å². The standard InChI is InChI=1S/C27H21FN6O2/c1-3-26(35)33-11-8-18(15-33)21-14-24(34-16-30-9-7-23(21)34)20-5-4-17(12-22(20)28)27(36)32-25-13-19(29-2)6-10-31-25/h3-7,9-10,12-14,16,18H,1,8,11,15H2,(H,31,32,36). The number of anilines is 1. The fourth-order valence-corrected chi connectivity index (χ4v) is 4.57. The minimum Gasteiger partial charge on any atom is -0.339 e. The molecule has 0 radical (unpaired) electrons. The van der Waals surface area contributed by atoms with Crippen molar-refractivity contribution in [1.29, 1.82) is 0 Å². The van der Waals surface area contributed by atoms with Crippen molar-refractivity contribution >= 4 is 28.8 Å². The Kier molecular flexibility index (Phi) is 6.00.